The third-order valence-corrected chi connectivity index (χ3v) is 3.86. The normalized spacial score (nSPS) is 12.5. The molecule has 0 bridgehead atoms. The summed E-state index contributed by atoms with van der Waals surface area (Å²) in [6.45, 7) is 0. The molecule has 0 atom stereocenters. The van der Waals surface area contributed by atoms with Crippen LogP contribution in [0.15, 0.2) is 15.9 Å². The van der Waals surface area contributed by atoms with Gasteiger partial charge in [-0.3, -0.25) is 4.79 Å². The summed E-state index contributed by atoms with van der Waals surface area (Å²) < 4.78 is 60.9. The average Bonchev–Trinajstić information content (AvgIpc) is 2.06. The minimum Gasteiger partial charge on any atom is -0.403 e. The topological polar surface area (TPSA) is 102 Å². The largest absolute Gasteiger partial charge is 0.573 e. The van der Waals surface area contributed by atoms with Crippen molar-refractivity contribution in [3.05, 3.63) is 20.1 Å². The standard InChI is InChI=1S/C6H4F3IN2O4S/c7-6(8,9)16-2-1-12-5(13)4(3(2)10)17(11,14)15/h1H,(H,12,13)(H2,11,14,15). The molecule has 0 unspecified atom stereocenters. The Hall–Kier alpha value is -0.820. The maximum Gasteiger partial charge on any atom is 0.573 e. The number of aromatic amines is 1. The molecule has 0 radical (unpaired) electrons. The number of primary sulfonamides is 1. The minimum atomic E-state index is -5.01. The molecule has 17 heavy (non-hydrogen) atoms. The van der Waals surface area contributed by atoms with Crippen molar-refractivity contribution in [3.8, 4) is 5.75 Å². The number of sulfonamides is 1. The first-order valence-electron chi connectivity index (χ1n) is 3.72. The molecule has 0 aliphatic rings. The maximum absolute atomic E-state index is 12.0. The number of ether oxygens (including phenoxy) is 1. The second-order valence-electron chi connectivity index (χ2n) is 2.72. The Bertz CT molecular complexity index is 594. The van der Waals surface area contributed by atoms with Crippen LogP contribution in [0.4, 0.5) is 13.2 Å². The number of rotatable bonds is 2. The average molecular weight is 384 g/mol. The van der Waals surface area contributed by atoms with E-state index in [4.69, 9.17) is 5.14 Å². The molecule has 0 amide bonds. The Kier molecular flexibility index (Phi) is 3.73. The van der Waals surface area contributed by atoms with E-state index in [9.17, 15) is 26.4 Å². The summed E-state index contributed by atoms with van der Waals surface area (Å²) in [6.07, 6.45) is -4.40. The van der Waals surface area contributed by atoms with E-state index < -0.39 is 36.2 Å². The van der Waals surface area contributed by atoms with Gasteiger partial charge in [0.1, 0.15) is 0 Å². The van der Waals surface area contributed by atoms with Crippen LogP contribution in [0.2, 0.25) is 0 Å². The lowest BCUT2D eigenvalue weighted by Crippen LogP contribution is -2.26. The molecule has 96 valence electrons. The van der Waals surface area contributed by atoms with Gasteiger partial charge in [0.05, 0.1) is 3.57 Å². The van der Waals surface area contributed by atoms with Crippen LogP contribution in [0.25, 0.3) is 0 Å². The van der Waals surface area contributed by atoms with E-state index in [0.29, 0.717) is 6.20 Å². The Morgan fingerprint density at radius 3 is 2.35 bits per heavy atom. The lowest BCUT2D eigenvalue weighted by molar-refractivity contribution is -0.275. The van der Waals surface area contributed by atoms with Gasteiger partial charge in [0.15, 0.2) is 10.6 Å². The zero-order chi connectivity index (χ0) is 13.4. The smallest absolute Gasteiger partial charge is 0.403 e. The van der Waals surface area contributed by atoms with Crippen molar-refractivity contribution < 1.29 is 26.3 Å². The highest BCUT2D eigenvalue weighted by Crippen LogP contribution is 2.28. The molecule has 1 rings (SSSR count). The van der Waals surface area contributed by atoms with Crippen LogP contribution >= 0.6 is 22.6 Å². The number of hydrogen-bond acceptors (Lipinski definition) is 4. The van der Waals surface area contributed by atoms with Crippen LogP contribution in [0.3, 0.4) is 0 Å². The summed E-state index contributed by atoms with van der Waals surface area (Å²) >= 11 is 1.23. The second-order valence-corrected chi connectivity index (χ2v) is 5.29. The molecule has 0 spiro atoms. The molecule has 0 aliphatic carbocycles. The van der Waals surface area contributed by atoms with Crippen LogP contribution in [0.1, 0.15) is 0 Å². The minimum absolute atomic E-state index is 0.536. The first-order chi connectivity index (χ1) is 7.52. The fourth-order valence-corrected chi connectivity index (χ4v) is 3.02. The van der Waals surface area contributed by atoms with Gasteiger partial charge in [0.2, 0.25) is 10.0 Å². The molecule has 0 fully saturated rings. The summed E-state index contributed by atoms with van der Waals surface area (Å²) in [7, 11) is -4.44. The summed E-state index contributed by atoms with van der Waals surface area (Å²) in [5.74, 6) is -0.846. The van der Waals surface area contributed by atoms with Gasteiger partial charge >= 0.3 is 6.36 Å². The van der Waals surface area contributed by atoms with Crippen molar-refractivity contribution in [2.45, 2.75) is 11.3 Å². The summed E-state index contributed by atoms with van der Waals surface area (Å²) in [4.78, 5) is 12.0. The van der Waals surface area contributed by atoms with Crippen LogP contribution in [0.5, 0.6) is 5.75 Å². The highest BCUT2D eigenvalue weighted by Gasteiger charge is 2.33. The molecule has 0 saturated heterocycles. The molecule has 1 aromatic heterocycles. The molecule has 6 nitrogen and oxygen atoms in total. The van der Waals surface area contributed by atoms with Crippen molar-refractivity contribution in [1.82, 2.24) is 4.98 Å². The van der Waals surface area contributed by atoms with E-state index >= 15 is 0 Å². The zero-order valence-electron chi connectivity index (χ0n) is 7.71. The molecule has 3 N–H and O–H groups in total. The molecule has 11 heteroatoms. The van der Waals surface area contributed by atoms with Crippen molar-refractivity contribution >= 4 is 32.6 Å². The molecular formula is C6H4F3IN2O4S. The van der Waals surface area contributed by atoms with Gasteiger partial charge in [-0.2, -0.15) is 0 Å². The molecule has 1 aromatic rings. The third kappa shape index (κ3) is 3.57. The van der Waals surface area contributed by atoms with Crippen LogP contribution in [-0.2, 0) is 10.0 Å². The summed E-state index contributed by atoms with van der Waals surface area (Å²) in [5.41, 5.74) is -1.12. The molecule has 0 aromatic carbocycles. The molecular weight excluding hydrogens is 380 g/mol. The number of alkyl halides is 3. The first kappa shape index (κ1) is 14.2. The Morgan fingerprint density at radius 1 is 1.41 bits per heavy atom. The number of nitrogens with one attached hydrogen (secondary N) is 1. The SMILES string of the molecule is NS(=O)(=O)c1c(I)c(OC(F)(F)F)c[nH]c1=O. The first-order valence-corrected chi connectivity index (χ1v) is 6.34. The zero-order valence-corrected chi connectivity index (χ0v) is 10.7. The van der Waals surface area contributed by atoms with E-state index in [-0.39, 0.29) is 0 Å². The Labute approximate surface area is 106 Å². The molecule has 1 heterocycles. The quantitative estimate of drug-likeness (QED) is 0.727. The molecule has 0 aliphatic heterocycles. The van der Waals surface area contributed by atoms with Gasteiger partial charge in [-0.25, -0.2) is 13.6 Å². The van der Waals surface area contributed by atoms with Gasteiger partial charge in [0.25, 0.3) is 5.56 Å². The van der Waals surface area contributed by atoms with E-state index in [2.05, 4.69) is 4.74 Å². The van der Waals surface area contributed by atoms with E-state index in [1.165, 1.54) is 22.6 Å². The fraction of sp³-hybridized carbons (Fsp3) is 0.167. The number of pyridine rings is 1. The third-order valence-electron chi connectivity index (χ3n) is 1.47. The number of aromatic nitrogens is 1. The number of halogens is 4. The van der Waals surface area contributed by atoms with Crippen LogP contribution < -0.4 is 15.4 Å². The number of H-pyrrole nitrogens is 1. The van der Waals surface area contributed by atoms with E-state index in [1.54, 1.807) is 4.98 Å². The summed E-state index contributed by atoms with van der Waals surface area (Å²) in [5, 5.41) is 4.70. The number of nitrogens with two attached hydrogens (primary N) is 1. The van der Waals surface area contributed by atoms with Gasteiger partial charge in [0, 0.05) is 6.20 Å². The lowest BCUT2D eigenvalue weighted by Gasteiger charge is -2.11. The van der Waals surface area contributed by atoms with Gasteiger partial charge in [-0.05, 0) is 22.6 Å². The predicted molar refractivity (Wildman–Crippen MR) is 57.8 cm³/mol. The fourth-order valence-electron chi connectivity index (χ4n) is 0.925. The number of hydrogen-bond donors (Lipinski definition) is 2. The Balaban J connectivity index is 3.46. The highest BCUT2D eigenvalue weighted by molar-refractivity contribution is 14.1. The second kappa shape index (κ2) is 4.45. The van der Waals surface area contributed by atoms with E-state index in [0.717, 1.165) is 0 Å². The monoisotopic (exact) mass is 384 g/mol. The maximum atomic E-state index is 12.0. The van der Waals surface area contributed by atoms with Crippen molar-refractivity contribution in [3.63, 3.8) is 0 Å². The highest BCUT2D eigenvalue weighted by atomic mass is 127. The van der Waals surface area contributed by atoms with Crippen molar-refractivity contribution in [2.75, 3.05) is 0 Å². The van der Waals surface area contributed by atoms with Gasteiger partial charge in [-0.15, -0.1) is 13.2 Å². The lowest BCUT2D eigenvalue weighted by atomic mass is 10.4. The van der Waals surface area contributed by atoms with Crippen molar-refractivity contribution in [2.24, 2.45) is 5.14 Å². The summed E-state index contributed by atoms with van der Waals surface area (Å²) in [6, 6.07) is 0. The van der Waals surface area contributed by atoms with Crippen LogP contribution in [-0.4, -0.2) is 19.8 Å². The predicted octanol–water partition coefficient (Wildman–Crippen LogP) is 0.526. The van der Waals surface area contributed by atoms with Gasteiger partial charge in [-0.1, -0.05) is 0 Å². The van der Waals surface area contributed by atoms with Crippen molar-refractivity contribution in [1.29, 1.82) is 0 Å². The Morgan fingerprint density at radius 2 is 1.94 bits per heavy atom. The molecule has 0 saturated carbocycles. The van der Waals surface area contributed by atoms with E-state index in [1.807, 2.05) is 0 Å². The van der Waals surface area contributed by atoms with Gasteiger partial charge < -0.3 is 9.72 Å². The van der Waals surface area contributed by atoms with Crippen LogP contribution in [0, 0.1) is 3.57 Å².